The quantitative estimate of drug-likeness (QED) is 0.614. The molecule has 0 spiro atoms. The molecule has 0 atom stereocenters. The predicted molar refractivity (Wildman–Crippen MR) is 107 cm³/mol. The van der Waals surface area contributed by atoms with Crippen molar-refractivity contribution in [2.75, 3.05) is 13.1 Å². The monoisotopic (exact) mass is 414 g/mol. The summed E-state index contributed by atoms with van der Waals surface area (Å²) in [5, 5.41) is 13.0. The van der Waals surface area contributed by atoms with Crippen molar-refractivity contribution in [3.63, 3.8) is 0 Å². The van der Waals surface area contributed by atoms with Crippen LogP contribution in [0.15, 0.2) is 35.0 Å². The number of hydrogen-bond donors (Lipinski definition) is 0. The van der Waals surface area contributed by atoms with Gasteiger partial charge in [0.2, 0.25) is 5.91 Å². The van der Waals surface area contributed by atoms with E-state index in [4.69, 9.17) is 16.1 Å². The fraction of sp³-hybridized carbons (Fsp3) is 0.450. The van der Waals surface area contributed by atoms with Crippen molar-refractivity contribution in [2.45, 2.75) is 45.1 Å². The number of benzene rings is 1. The lowest BCUT2D eigenvalue weighted by molar-refractivity contribution is -0.131. The number of amides is 1. The molecule has 1 aliphatic rings. The van der Waals surface area contributed by atoms with Crippen LogP contribution < -0.4 is 0 Å². The molecule has 152 valence electrons. The number of rotatable bonds is 6. The molecular weight excluding hydrogens is 392 g/mol. The maximum Gasteiger partial charge on any atom is 0.280 e. The molecule has 1 fully saturated rings. The minimum Gasteiger partial charge on any atom is -0.342 e. The number of likely N-dealkylation sites (tertiary alicyclic amines) is 1. The van der Waals surface area contributed by atoms with Crippen LogP contribution in [0.5, 0.6) is 0 Å². The SMILES string of the molecule is CCCc1noc(-c2cn(C3CCN(C(=O)Cc4cccc(Cl)c4)CC3)nn2)n1. The molecule has 3 aromatic rings. The average Bonchev–Trinajstić information content (AvgIpc) is 3.38. The van der Waals surface area contributed by atoms with Gasteiger partial charge in [-0.2, -0.15) is 4.98 Å². The average molecular weight is 415 g/mol. The molecule has 0 N–H and O–H groups in total. The van der Waals surface area contributed by atoms with Crippen LogP contribution in [-0.2, 0) is 17.6 Å². The molecule has 8 nitrogen and oxygen atoms in total. The number of carbonyl (C=O) groups excluding carboxylic acids is 1. The Morgan fingerprint density at radius 3 is 2.90 bits per heavy atom. The molecule has 29 heavy (non-hydrogen) atoms. The summed E-state index contributed by atoms with van der Waals surface area (Å²) in [4.78, 5) is 18.8. The molecule has 3 heterocycles. The van der Waals surface area contributed by atoms with Gasteiger partial charge in [0, 0.05) is 24.5 Å². The molecule has 1 aliphatic heterocycles. The van der Waals surface area contributed by atoms with Crippen molar-refractivity contribution in [3.05, 3.63) is 46.9 Å². The van der Waals surface area contributed by atoms with Crippen molar-refractivity contribution >= 4 is 17.5 Å². The van der Waals surface area contributed by atoms with Crippen LogP contribution in [0.2, 0.25) is 5.02 Å². The zero-order chi connectivity index (χ0) is 20.2. The molecular formula is C20H23ClN6O2. The van der Waals surface area contributed by atoms with Crippen molar-refractivity contribution in [1.82, 2.24) is 30.0 Å². The Hall–Kier alpha value is -2.74. The lowest BCUT2D eigenvalue weighted by atomic mass is 10.0. The second-order valence-electron chi connectivity index (χ2n) is 7.27. The highest BCUT2D eigenvalue weighted by molar-refractivity contribution is 6.30. The number of nitrogens with zero attached hydrogens (tertiary/aromatic N) is 6. The Bertz CT molecular complexity index is 977. The van der Waals surface area contributed by atoms with Gasteiger partial charge < -0.3 is 9.42 Å². The predicted octanol–water partition coefficient (Wildman–Crippen LogP) is 3.34. The van der Waals surface area contributed by atoms with E-state index >= 15 is 0 Å². The molecule has 0 bridgehead atoms. The minimum absolute atomic E-state index is 0.124. The molecule has 0 saturated carbocycles. The number of halogens is 1. The normalized spacial score (nSPS) is 15.0. The second-order valence-corrected chi connectivity index (χ2v) is 7.70. The smallest absolute Gasteiger partial charge is 0.280 e. The number of carbonyl (C=O) groups is 1. The lowest BCUT2D eigenvalue weighted by Gasteiger charge is -2.32. The van der Waals surface area contributed by atoms with Crippen molar-refractivity contribution in [3.8, 4) is 11.6 Å². The number of aryl methyl sites for hydroxylation is 1. The van der Waals surface area contributed by atoms with Gasteiger partial charge in [-0.3, -0.25) is 4.79 Å². The molecule has 0 radical (unpaired) electrons. The third-order valence-electron chi connectivity index (χ3n) is 5.11. The van der Waals surface area contributed by atoms with E-state index in [1.54, 1.807) is 0 Å². The van der Waals surface area contributed by atoms with Gasteiger partial charge in [0.05, 0.1) is 18.7 Å². The van der Waals surface area contributed by atoms with Crippen LogP contribution in [0.25, 0.3) is 11.6 Å². The molecule has 0 aliphatic carbocycles. The summed E-state index contributed by atoms with van der Waals surface area (Å²) >= 11 is 6.01. The van der Waals surface area contributed by atoms with Gasteiger partial charge in [0.15, 0.2) is 11.5 Å². The fourth-order valence-corrected chi connectivity index (χ4v) is 3.76. The van der Waals surface area contributed by atoms with E-state index < -0.39 is 0 Å². The third kappa shape index (κ3) is 4.64. The Kier molecular flexibility index (Phi) is 5.89. The Balaban J connectivity index is 1.33. The molecule has 1 aromatic carbocycles. The minimum atomic E-state index is 0.124. The van der Waals surface area contributed by atoms with Gasteiger partial charge in [-0.25, -0.2) is 4.68 Å². The summed E-state index contributed by atoms with van der Waals surface area (Å²) in [6.45, 7) is 3.46. The highest BCUT2D eigenvalue weighted by Gasteiger charge is 2.25. The van der Waals surface area contributed by atoms with Gasteiger partial charge in [-0.15, -0.1) is 5.10 Å². The van der Waals surface area contributed by atoms with Gasteiger partial charge in [0.1, 0.15) is 0 Å². The van der Waals surface area contributed by atoms with Crippen LogP contribution >= 0.6 is 11.6 Å². The molecule has 2 aromatic heterocycles. The van der Waals surface area contributed by atoms with Crippen molar-refractivity contribution < 1.29 is 9.32 Å². The summed E-state index contributed by atoms with van der Waals surface area (Å²) in [7, 11) is 0. The van der Waals surface area contributed by atoms with E-state index in [1.165, 1.54) is 0 Å². The van der Waals surface area contributed by atoms with E-state index in [0.717, 1.165) is 31.2 Å². The molecule has 1 amide bonds. The van der Waals surface area contributed by atoms with Crippen LogP contribution in [0.1, 0.15) is 43.6 Å². The summed E-state index contributed by atoms with van der Waals surface area (Å²) < 4.78 is 7.12. The zero-order valence-electron chi connectivity index (χ0n) is 16.3. The maximum absolute atomic E-state index is 12.6. The van der Waals surface area contributed by atoms with Gasteiger partial charge in [-0.1, -0.05) is 41.0 Å². The largest absolute Gasteiger partial charge is 0.342 e. The Morgan fingerprint density at radius 1 is 1.31 bits per heavy atom. The fourth-order valence-electron chi connectivity index (χ4n) is 3.55. The van der Waals surface area contributed by atoms with Gasteiger partial charge >= 0.3 is 0 Å². The van der Waals surface area contributed by atoms with Crippen LogP contribution in [0.4, 0.5) is 0 Å². The summed E-state index contributed by atoms with van der Waals surface area (Å²) in [6, 6.07) is 7.65. The highest BCUT2D eigenvalue weighted by atomic mass is 35.5. The maximum atomic E-state index is 12.6. The second kappa shape index (κ2) is 8.73. The highest BCUT2D eigenvalue weighted by Crippen LogP contribution is 2.24. The zero-order valence-corrected chi connectivity index (χ0v) is 17.0. The van der Waals surface area contributed by atoms with E-state index in [2.05, 4.69) is 27.4 Å². The van der Waals surface area contributed by atoms with Crippen molar-refractivity contribution in [1.29, 1.82) is 0 Å². The van der Waals surface area contributed by atoms with Gasteiger partial charge in [0.25, 0.3) is 5.89 Å². The molecule has 0 unspecified atom stereocenters. The summed E-state index contributed by atoms with van der Waals surface area (Å²) in [6.07, 6.45) is 5.61. The molecule has 9 heteroatoms. The van der Waals surface area contributed by atoms with E-state index in [-0.39, 0.29) is 11.9 Å². The summed E-state index contributed by atoms with van der Waals surface area (Å²) in [5.41, 5.74) is 1.52. The number of aromatic nitrogens is 5. The van der Waals surface area contributed by atoms with E-state index in [1.807, 2.05) is 40.0 Å². The van der Waals surface area contributed by atoms with Gasteiger partial charge in [-0.05, 0) is 37.0 Å². The Morgan fingerprint density at radius 2 is 2.14 bits per heavy atom. The molecule has 4 rings (SSSR count). The Labute approximate surface area is 173 Å². The first-order valence-electron chi connectivity index (χ1n) is 9.89. The first-order valence-corrected chi connectivity index (χ1v) is 10.3. The van der Waals surface area contributed by atoms with Crippen LogP contribution in [-0.4, -0.2) is 49.0 Å². The van der Waals surface area contributed by atoms with E-state index in [9.17, 15) is 4.79 Å². The summed E-state index contributed by atoms with van der Waals surface area (Å²) in [5.74, 6) is 1.21. The third-order valence-corrected chi connectivity index (χ3v) is 5.34. The molecule has 1 saturated heterocycles. The van der Waals surface area contributed by atoms with Crippen molar-refractivity contribution in [2.24, 2.45) is 0 Å². The first-order chi connectivity index (χ1) is 14.1. The number of piperidine rings is 1. The lowest BCUT2D eigenvalue weighted by Crippen LogP contribution is -2.40. The van der Waals surface area contributed by atoms with E-state index in [0.29, 0.717) is 41.9 Å². The standard InChI is InChI=1S/C20H23ClN6O2/c1-2-4-18-22-20(29-24-18)17-13-27(25-23-17)16-7-9-26(10-8-16)19(28)12-14-5-3-6-15(21)11-14/h3,5-6,11,13,16H,2,4,7-10,12H2,1H3. The topological polar surface area (TPSA) is 89.9 Å². The first kappa shape index (κ1) is 19.6. The van der Waals surface area contributed by atoms with Crippen LogP contribution in [0.3, 0.4) is 0 Å². The number of hydrogen-bond acceptors (Lipinski definition) is 6. The van der Waals surface area contributed by atoms with Crippen LogP contribution in [0, 0.1) is 0 Å².